The number of amides is 2. The number of nitrogen functional groups attached to an aromatic ring is 1. The predicted molar refractivity (Wildman–Crippen MR) is 124 cm³/mol. The maximum atomic E-state index is 14.3. The number of halogens is 3. The summed E-state index contributed by atoms with van der Waals surface area (Å²) < 4.78 is 28.9. The van der Waals surface area contributed by atoms with Gasteiger partial charge in [-0.25, -0.2) is 18.6 Å². The summed E-state index contributed by atoms with van der Waals surface area (Å²) >= 11 is 6.23. The van der Waals surface area contributed by atoms with E-state index in [2.05, 4.69) is 20.7 Å². The van der Waals surface area contributed by atoms with Gasteiger partial charge in [-0.3, -0.25) is 4.79 Å². The van der Waals surface area contributed by atoms with Crippen molar-refractivity contribution in [2.75, 3.05) is 18.1 Å². The molecule has 4 N–H and O–H groups in total. The van der Waals surface area contributed by atoms with Gasteiger partial charge in [-0.15, -0.1) is 0 Å². The second-order valence-electron chi connectivity index (χ2n) is 7.09. The lowest BCUT2D eigenvalue weighted by Crippen LogP contribution is -2.24. The van der Waals surface area contributed by atoms with Crippen LogP contribution < -0.4 is 16.4 Å². The van der Waals surface area contributed by atoms with Crippen molar-refractivity contribution in [3.05, 3.63) is 83.0 Å². The molecule has 11 heteroatoms. The van der Waals surface area contributed by atoms with Gasteiger partial charge in [0.25, 0.3) is 5.91 Å². The number of nitrogens with one attached hydrogen (secondary N) is 2. The second-order valence-corrected chi connectivity index (χ2v) is 7.50. The molecule has 0 saturated carbocycles. The number of hydrogen-bond donors (Lipinski definition) is 3. The van der Waals surface area contributed by atoms with Crippen LogP contribution in [0, 0.1) is 11.6 Å². The van der Waals surface area contributed by atoms with E-state index in [0.717, 1.165) is 4.68 Å². The Hall–Kier alpha value is -4.31. The molecule has 172 valence electrons. The molecule has 4 aromatic rings. The van der Waals surface area contributed by atoms with Gasteiger partial charge >= 0.3 is 6.03 Å². The number of carbonyl (C=O) groups is 2. The summed E-state index contributed by atoms with van der Waals surface area (Å²) in [6.45, 7) is 0. The highest BCUT2D eigenvalue weighted by atomic mass is 35.5. The monoisotopic (exact) mass is 482 g/mol. The molecule has 4 rings (SSSR count). The first-order chi connectivity index (χ1) is 16.3. The number of pyridine rings is 1. The van der Waals surface area contributed by atoms with Crippen LogP contribution in [-0.4, -0.2) is 33.8 Å². The number of carbonyl (C=O) groups excluding carboxylic acids is 2. The summed E-state index contributed by atoms with van der Waals surface area (Å²) in [7, 11) is 1.45. The van der Waals surface area contributed by atoms with Crippen LogP contribution in [0.2, 0.25) is 5.02 Å². The molecule has 34 heavy (non-hydrogen) atoms. The number of aromatic nitrogens is 3. The van der Waals surface area contributed by atoms with Crippen molar-refractivity contribution in [1.82, 2.24) is 20.1 Å². The summed E-state index contributed by atoms with van der Waals surface area (Å²) in [5, 5.41) is 9.49. The number of nitrogens with two attached hydrogens (primary N) is 1. The van der Waals surface area contributed by atoms with Gasteiger partial charge in [-0.05, 0) is 12.1 Å². The minimum absolute atomic E-state index is 0.00466. The molecule has 2 amide bonds. The van der Waals surface area contributed by atoms with E-state index in [1.54, 1.807) is 24.3 Å². The highest BCUT2D eigenvalue weighted by Crippen LogP contribution is 2.30. The zero-order valence-corrected chi connectivity index (χ0v) is 18.4. The van der Waals surface area contributed by atoms with Gasteiger partial charge in [0.05, 0.1) is 22.5 Å². The van der Waals surface area contributed by atoms with Crippen LogP contribution in [0.5, 0.6) is 0 Å². The van der Waals surface area contributed by atoms with Crippen molar-refractivity contribution in [3.8, 4) is 22.5 Å². The van der Waals surface area contributed by atoms with E-state index in [-0.39, 0.29) is 27.5 Å². The van der Waals surface area contributed by atoms with Gasteiger partial charge < -0.3 is 16.4 Å². The van der Waals surface area contributed by atoms with Crippen molar-refractivity contribution in [1.29, 1.82) is 0 Å². The standard InChI is InChI=1S/C23H17ClF2N6O2/c1-28-23(34)32-11-18(20(31-32)12-5-3-2-4-6-12)29-22(33)14-9-13(7-8-15(14)24)19-16(25)10-17(26)21(27)30-19/h2-11H,1H3,(H2,27,30)(H,28,34)(H,29,33). The predicted octanol–water partition coefficient (Wildman–Crippen LogP) is 4.57. The van der Waals surface area contributed by atoms with E-state index in [0.29, 0.717) is 17.3 Å². The van der Waals surface area contributed by atoms with Crippen molar-refractivity contribution < 1.29 is 18.4 Å². The molecule has 0 spiro atoms. The molecule has 0 atom stereocenters. The Morgan fingerprint density at radius 2 is 1.74 bits per heavy atom. The van der Waals surface area contributed by atoms with Crippen LogP contribution in [0.3, 0.4) is 0 Å². The molecule has 0 aliphatic rings. The third-order valence-electron chi connectivity index (χ3n) is 4.87. The Morgan fingerprint density at radius 3 is 2.44 bits per heavy atom. The Bertz CT molecular complexity index is 1410. The number of benzene rings is 2. The van der Waals surface area contributed by atoms with Gasteiger partial charge in [-0.1, -0.05) is 48.0 Å². The molecular formula is C23H17ClF2N6O2. The number of hydrogen-bond acceptors (Lipinski definition) is 5. The van der Waals surface area contributed by atoms with E-state index in [9.17, 15) is 18.4 Å². The molecule has 0 aliphatic carbocycles. The SMILES string of the molecule is CNC(=O)n1cc(NC(=O)c2cc(-c3nc(N)c(F)cc3F)ccc2Cl)c(-c2ccccc2)n1. The van der Waals surface area contributed by atoms with E-state index >= 15 is 0 Å². The summed E-state index contributed by atoms with van der Waals surface area (Å²) in [6, 6.07) is 13.2. The summed E-state index contributed by atoms with van der Waals surface area (Å²) in [4.78, 5) is 28.9. The maximum absolute atomic E-state index is 14.3. The first-order valence-corrected chi connectivity index (χ1v) is 10.3. The van der Waals surface area contributed by atoms with Crippen molar-refractivity contribution in [2.45, 2.75) is 0 Å². The lowest BCUT2D eigenvalue weighted by molar-refractivity contribution is 0.102. The Labute approximate surface area is 197 Å². The van der Waals surface area contributed by atoms with Gasteiger partial charge in [-0.2, -0.15) is 9.78 Å². The molecule has 2 heterocycles. The number of anilines is 2. The summed E-state index contributed by atoms with van der Waals surface area (Å²) in [5.74, 6) is -3.06. The molecular weight excluding hydrogens is 466 g/mol. The van der Waals surface area contributed by atoms with E-state index < -0.39 is 29.4 Å². The third-order valence-corrected chi connectivity index (χ3v) is 5.20. The van der Waals surface area contributed by atoms with Crippen LogP contribution in [0.4, 0.5) is 25.1 Å². The Kier molecular flexibility index (Phi) is 6.24. The van der Waals surface area contributed by atoms with E-state index in [1.807, 2.05) is 6.07 Å². The van der Waals surface area contributed by atoms with E-state index in [1.165, 1.54) is 31.4 Å². The normalized spacial score (nSPS) is 10.7. The molecule has 0 saturated heterocycles. The van der Waals surface area contributed by atoms with Gasteiger partial charge in [0.1, 0.15) is 11.4 Å². The lowest BCUT2D eigenvalue weighted by atomic mass is 10.1. The smallest absolute Gasteiger partial charge is 0.341 e. The fraction of sp³-hybridized carbons (Fsp3) is 0.0435. The number of rotatable bonds is 4. The van der Waals surface area contributed by atoms with Crippen molar-refractivity contribution >= 4 is 35.0 Å². The van der Waals surface area contributed by atoms with Crippen LogP contribution in [0.1, 0.15) is 10.4 Å². The van der Waals surface area contributed by atoms with Gasteiger partial charge in [0, 0.05) is 24.2 Å². The van der Waals surface area contributed by atoms with Crippen molar-refractivity contribution in [2.24, 2.45) is 0 Å². The minimum Gasteiger partial charge on any atom is -0.381 e. The zero-order valence-electron chi connectivity index (χ0n) is 17.6. The molecule has 2 aromatic heterocycles. The first-order valence-electron chi connectivity index (χ1n) is 9.88. The first kappa shape index (κ1) is 22.9. The highest BCUT2D eigenvalue weighted by molar-refractivity contribution is 6.34. The zero-order chi connectivity index (χ0) is 24.4. The van der Waals surface area contributed by atoms with Crippen LogP contribution in [0.25, 0.3) is 22.5 Å². The highest BCUT2D eigenvalue weighted by Gasteiger charge is 2.20. The average molecular weight is 483 g/mol. The van der Waals surface area contributed by atoms with E-state index in [4.69, 9.17) is 17.3 Å². The molecule has 0 unspecified atom stereocenters. The fourth-order valence-electron chi connectivity index (χ4n) is 3.21. The summed E-state index contributed by atoms with van der Waals surface area (Å²) in [5.41, 5.74) is 6.66. The Balaban J connectivity index is 1.73. The quantitative estimate of drug-likeness (QED) is 0.394. The summed E-state index contributed by atoms with van der Waals surface area (Å²) in [6.07, 6.45) is 1.36. The molecule has 8 nitrogen and oxygen atoms in total. The maximum Gasteiger partial charge on any atom is 0.341 e. The van der Waals surface area contributed by atoms with Gasteiger partial charge in [0.2, 0.25) is 0 Å². The average Bonchev–Trinajstić information content (AvgIpc) is 3.25. The largest absolute Gasteiger partial charge is 0.381 e. The molecule has 0 aliphatic heterocycles. The molecule has 0 bridgehead atoms. The Morgan fingerprint density at radius 1 is 1.00 bits per heavy atom. The molecule has 0 radical (unpaired) electrons. The fourth-order valence-corrected chi connectivity index (χ4v) is 3.42. The topological polar surface area (TPSA) is 115 Å². The third kappa shape index (κ3) is 4.44. The lowest BCUT2D eigenvalue weighted by Gasteiger charge is -2.10. The van der Waals surface area contributed by atoms with Gasteiger partial charge in [0.15, 0.2) is 17.5 Å². The van der Waals surface area contributed by atoms with Crippen LogP contribution in [-0.2, 0) is 0 Å². The van der Waals surface area contributed by atoms with Crippen LogP contribution in [0.15, 0.2) is 60.8 Å². The van der Waals surface area contributed by atoms with Crippen molar-refractivity contribution in [3.63, 3.8) is 0 Å². The minimum atomic E-state index is -0.991. The molecule has 2 aromatic carbocycles. The second kappa shape index (κ2) is 9.28. The number of nitrogens with zero attached hydrogens (tertiary/aromatic N) is 3. The molecule has 0 fully saturated rings. The van der Waals surface area contributed by atoms with Crippen LogP contribution >= 0.6 is 11.6 Å².